The highest BCUT2D eigenvalue weighted by molar-refractivity contribution is 6.01. The highest BCUT2D eigenvalue weighted by Crippen LogP contribution is 2.37. The van der Waals surface area contributed by atoms with Gasteiger partial charge in [0.05, 0.1) is 23.9 Å². The molecule has 1 aromatic carbocycles. The molecule has 0 saturated carbocycles. The van der Waals surface area contributed by atoms with Gasteiger partial charge < -0.3 is 10.2 Å². The van der Waals surface area contributed by atoms with Gasteiger partial charge in [0.1, 0.15) is 0 Å². The topological polar surface area (TPSA) is 52.7 Å². The third kappa shape index (κ3) is 2.48. The van der Waals surface area contributed by atoms with Gasteiger partial charge in [-0.05, 0) is 38.3 Å². The second-order valence-corrected chi connectivity index (χ2v) is 6.85. The summed E-state index contributed by atoms with van der Waals surface area (Å²) in [5.74, 6) is 0.0381. The lowest BCUT2D eigenvalue weighted by Crippen LogP contribution is -2.45. The van der Waals surface area contributed by atoms with Crippen molar-refractivity contribution in [3.05, 3.63) is 46.2 Å². The van der Waals surface area contributed by atoms with Gasteiger partial charge in [-0.1, -0.05) is 30.7 Å². The maximum absolute atomic E-state index is 13.0. The summed E-state index contributed by atoms with van der Waals surface area (Å²) >= 11 is 0. The first-order valence-corrected chi connectivity index (χ1v) is 8.50. The van der Waals surface area contributed by atoms with Crippen LogP contribution in [-0.4, -0.2) is 41.4 Å². The van der Waals surface area contributed by atoms with Crippen LogP contribution < -0.4 is 5.32 Å². The monoisotopic (exact) mass is 327 g/mol. The van der Waals surface area contributed by atoms with Crippen LogP contribution in [0.4, 0.5) is 4.79 Å². The molecule has 128 valence electrons. The Morgan fingerprint density at radius 3 is 2.62 bits per heavy atom. The normalized spacial score (nSPS) is 22.0. The van der Waals surface area contributed by atoms with Gasteiger partial charge >= 0.3 is 6.03 Å². The van der Waals surface area contributed by atoms with Gasteiger partial charge in [-0.25, -0.2) is 4.79 Å². The molecule has 0 radical (unpaired) electrons. The molecule has 1 aromatic rings. The van der Waals surface area contributed by atoms with E-state index in [1.807, 2.05) is 30.9 Å². The fraction of sp³-hybridized carbons (Fsp3) is 0.474. The van der Waals surface area contributed by atoms with E-state index >= 15 is 0 Å². The molecule has 0 aliphatic carbocycles. The fourth-order valence-electron chi connectivity index (χ4n) is 3.55. The summed E-state index contributed by atoms with van der Waals surface area (Å²) in [6.07, 6.45) is 0.894. The minimum Gasteiger partial charge on any atom is -0.330 e. The molecular weight excluding hydrogens is 302 g/mol. The van der Waals surface area contributed by atoms with Crippen molar-refractivity contribution in [3.8, 4) is 0 Å². The Hall–Kier alpha value is -2.30. The summed E-state index contributed by atoms with van der Waals surface area (Å²) in [4.78, 5) is 28.9. The molecule has 2 heterocycles. The maximum Gasteiger partial charge on any atom is 0.322 e. The number of nitrogens with one attached hydrogen (secondary N) is 1. The lowest BCUT2D eigenvalue weighted by molar-refractivity contribution is -0.127. The number of nitrogens with zero attached hydrogens (tertiary/aromatic N) is 2. The first-order chi connectivity index (χ1) is 11.3. The number of carbonyl (C=O) groups excluding carboxylic acids is 2. The van der Waals surface area contributed by atoms with Crippen LogP contribution in [0.5, 0.6) is 0 Å². The molecule has 2 aliphatic rings. The SMILES string of the molecule is CC[C@H](C)N1CC2=C(C1=O)[C@@H](c1ccc(C)cc1C)NC(=O)N2C. The van der Waals surface area contributed by atoms with Gasteiger partial charge in [0.2, 0.25) is 0 Å². The zero-order valence-corrected chi connectivity index (χ0v) is 15.0. The summed E-state index contributed by atoms with van der Waals surface area (Å²) in [7, 11) is 1.73. The van der Waals surface area contributed by atoms with Crippen LogP contribution >= 0.6 is 0 Å². The van der Waals surface area contributed by atoms with Crippen molar-refractivity contribution in [2.24, 2.45) is 0 Å². The Labute approximate surface area is 143 Å². The number of amides is 3. The van der Waals surface area contributed by atoms with Crippen LogP contribution in [0.2, 0.25) is 0 Å². The number of hydrogen-bond acceptors (Lipinski definition) is 2. The van der Waals surface area contributed by atoms with Gasteiger partial charge in [0.15, 0.2) is 0 Å². The van der Waals surface area contributed by atoms with E-state index in [4.69, 9.17) is 0 Å². The highest BCUT2D eigenvalue weighted by Gasteiger charge is 2.44. The summed E-state index contributed by atoms with van der Waals surface area (Å²) in [5, 5.41) is 3.00. The fourth-order valence-corrected chi connectivity index (χ4v) is 3.55. The van der Waals surface area contributed by atoms with Gasteiger partial charge in [0.25, 0.3) is 5.91 Å². The zero-order chi connectivity index (χ0) is 17.6. The number of hydrogen-bond donors (Lipinski definition) is 1. The lowest BCUT2D eigenvalue weighted by atomic mass is 9.91. The van der Waals surface area contributed by atoms with Crippen molar-refractivity contribution in [1.29, 1.82) is 0 Å². The van der Waals surface area contributed by atoms with Crippen LogP contribution in [0.25, 0.3) is 0 Å². The zero-order valence-electron chi connectivity index (χ0n) is 15.0. The van der Waals surface area contributed by atoms with E-state index in [9.17, 15) is 9.59 Å². The minimum absolute atomic E-state index is 0.0381. The molecule has 0 saturated heterocycles. The number of carbonyl (C=O) groups is 2. The summed E-state index contributed by atoms with van der Waals surface area (Å²) in [6.45, 7) is 8.70. The molecule has 0 fully saturated rings. The Kier molecular flexibility index (Phi) is 4.11. The minimum atomic E-state index is -0.370. The third-order valence-electron chi connectivity index (χ3n) is 5.25. The molecule has 0 unspecified atom stereocenters. The highest BCUT2D eigenvalue weighted by atomic mass is 16.2. The molecule has 2 atom stereocenters. The van der Waals surface area contributed by atoms with Crippen molar-refractivity contribution in [3.63, 3.8) is 0 Å². The molecule has 0 aromatic heterocycles. The molecule has 3 rings (SSSR count). The van der Waals surface area contributed by atoms with Crippen LogP contribution in [0.3, 0.4) is 0 Å². The second kappa shape index (κ2) is 5.96. The van der Waals surface area contributed by atoms with E-state index in [1.165, 1.54) is 5.56 Å². The number of benzene rings is 1. The largest absolute Gasteiger partial charge is 0.330 e. The van der Waals surface area contributed by atoms with Crippen LogP contribution in [0, 0.1) is 13.8 Å². The Balaban J connectivity index is 2.07. The smallest absolute Gasteiger partial charge is 0.322 e. The van der Waals surface area contributed by atoms with Crippen molar-refractivity contribution in [2.45, 2.75) is 46.2 Å². The molecule has 5 heteroatoms. The third-order valence-corrected chi connectivity index (χ3v) is 5.25. The molecule has 0 bridgehead atoms. The Morgan fingerprint density at radius 1 is 1.29 bits per heavy atom. The molecule has 24 heavy (non-hydrogen) atoms. The van der Waals surface area contributed by atoms with Crippen molar-refractivity contribution < 1.29 is 9.59 Å². The molecule has 1 N–H and O–H groups in total. The van der Waals surface area contributed by atoms with Crippen molar-refractivity contribution in [2.75, 3.05) is 13.6 Å². The molecule has 5 nitrogen and oxygen atoms in total. The van der Waals surface area contributed by atoms with E-state index in [1.54, 1.807) is 11.9 Å². The number of urea groups is 1. The number of rotatable bonds is 3. The van der Waals surface area contributed by atoms with Gasteiger partial charge in [-0.15, -0.1) is 0 Å². The van der Waals surface area contributed by atoms with Gasteiger partial charge in [0, 0.05) is 13.1 Å². The van der Waals surface area contributed by atoms with E-state index in [0.717, 1.165) is 23.2 Å². The van der Waals surface area contributed by atoms with Gasteiger partial charge in [-0.2, -0.15) is 0 Å². The summed E-state index contributed by atoms with van der Waals surface area (Å²) in [6, 6.07) is 5.77. The van der Waals surface area contributed by atoms with Crippen molar-refractivity contribution >= 4 is 11.9 Å². The summed E-state index contributed by atoms with van der Waals surface area (Å²) in [5.41, 5.74) is 4.79. The van der Waals surface area contributed by atoms with Gasteiger partial charge in [-0.3, -0.25) is 9.69 Å². The predicted molar refractivity (Wildman–Crippen MR) is 93.4 cm³/mol. The first-order valence-electron chi connectivity index (χ1n) is 8.50. The van der Waals surface area contributed by atoms with E-state index in [-0.39, 0.29) is 24.0 Å². The van der Waals surface area contributed by atoms with E-state index in [0.29, 0.717) is 12.1 Å². The van der Waals surface area contributed by atoms with Crippen LogP contribution in [0.15, 0.2) is 29.5 Å². The number of aryl methyl sites for hydroxylation is 2. The predicted octanol–water partition coefficient (Wildman–Crippen LogP) is 2.89. The molecule has 0 spiro atoms. The van der Waals surface area contributed by atoms with Crippen LogP contribution in [-0.2, 0) is 4.79 Å². The number of likely N-dealkylation sites (N-methyl/N-ethyl adjacent to an activating group) is 1. The quantitative estimate of drug-likeness (QED) is 0.928. The van der Waals surface area contributed by atoms with Crippen LogP contribution in [0.1, 0.15) is 43.0 Å². The Bertz CT molecular complexity index is 738. The average Bonchev–Trinajstić information content (AvgIpc) is 2.88. The first kappa shape index (κ1) is 16.6. The summed E-state index contributed by atoms with van der Waals surface area (Å²) < 4.78 is 0. The average molecular weight is 327 g/mol. The molecular formula is C19H25N3O2. The Morgan fingerprint density at radius 2 is 2.00 bits per heavy atom. The lowest BCUT2D eigenvalue weighted by Gasteiger charge is -2.31. The molecule has 3 amide bonds. The second-order valence-electron chi connectivity index (χ2n) is 6.85. The van der Waals surface area contributed by atoms with E-state index in [2.05, 4.69) is 25.2 Å². The standard InChI is InChI=1S/C19H25N3O2/c1-6-13(4)22-10-15-16(18(22)23)17(20-19(24)21(15)5)14-8-7-11(2)9-12(14)3/h7-9,13,17H,6,10H2,1-5H3,(H,20,24)/t13-,17+/m0/s1. The maximum atomic E-state index is 13.0. The molecule has 2 aliphatic heterocycles. The van der Waals surface area contributed by atoms with E-state index < -0.39 is 0 Å². The van der Waals surface area contributed by atoms with Crippen molar-refractivity contribution in [1.82, 2.24) is 15.1 Å².